The highest BCUT2D eigenvalue weighted by Gasteiger charge is 2.33. The Kier molecular flexibility index (Phi) is 8.88. The van der Waals surface area contributed by atoms with Crippen LogP contribution in [0, 0.1) is 0 Å². The van der Waals surface area contributed by atoms with E-state index in [4.69, 9.17) is 9.15 Å². The molecule has 2 aromatic carbocycles. The molecule has 3 aromatic rings. The zero-order valence-electron chi connectivity index (χ0n) is 22.8. The van der Waals surface area contributed by atoms with E-state index < -0.39 is 18.0 Å². The van der Waals surface area contributed by atoms with Gasteiger partial charge < -0.3 is 18.8 Å². The van der Waals surface area contributed by atoms with E-state index in [0.29, 0.717) is 44.9 Å². The first-order chi connectivity index (χ1) is 18.9. The van der Waals surface area contributed by atoms with Crippen LogP contribution in [0.15, 0.2) is 70.1 Å². The lowest BCUT2D eigenvalue weighted by atomic mass is 9.87. The fraction of sp³-hybridized carbons (Fsp3) is 0.400. The molecule has 2 heterocycles. The fourth-order valence-corrected chi connectivity index (χ4v) is 4.47. The second-order valence-corrected chi connectivity index (χ2v) is 10.8. The molecule has 214 valence electrons. The van der Waals surface area contributed by atoms with Gasteiger partial charge in [0.15, 0.2) is 0 Å². The fourth-order valence-electron chi connectivity index (χ4n) is 4.47. The number of halogens is 3. The minimum Gasteiger partial charge on any atom is -0.482 e. The Hall–Kier alpha value is -3.79. The second kappa shape index (κ2) is 12.2. The van der Waals surface area contributed by atoms with Crippen LogP contribution in [0.3, 0.4) is 0 Å². The molecule has 40 heavy (non-hydrogen) atoms. The maximum absolute atomic E-state index is 13.0. The monoisotopic (exact) mass is 558 g/mol. The number of benzene rings is 2. The third-order valence-electron chi connectivity index (χ3n) is 6.66. The van der Waals surface area contributed by atoms with Crippen molar-refractivity contribution in [1.82, 2.24) is 9.80 Å². The molecule has 4 rings (SSSR count). The quantitative estimate of drug-likeness (QED) is 0.367. The van der Waals surface area contributed by atoms with Crippen LogP contribution in [-0.4, -0.2) is 48.2 Å². The minimum atomic E-state index is -4.89. The molecule has 7 nitrogen and oxygen atoms in total. The van der Waals surface area contributed by atoms with Gasteiger partial charge in [0, 0.05) is 32.2 Å². The van der Waals surface area contributed by atoms with Gasteiger partial charge in [-0.2, -0.15) is 0 Å². The number of alkyl halides is 3. The first-order valence-electron chi connectivity index (χ1n) is 13.1. The third kappa shape index (κ3) is 7.88. The Morgan fingerprint density at radius 1 is 0.950 bits per heavy atom. The van der Waals surface area contributed by atoms with Crippen LogP contribution in [0.2, 0.25) is 0 Å². The van der Waals surface area contributed by atoms with Gasteiger partial charge in [0.25, 0.3) is 5.91 Å². The van der Waals surface area contributed by atoms with Crippen molar-refractivity contribution in [3.05, 3.63) is 93.5 Å². The summed E-state index contributed by atoms with van der Waals surface area (Å²) >= 11 is 0. The molecule has 0 atom stereocenters. The summed E-state index contributed by atoms with van der Waals surface area (Å²) < 4.78 is 53.7. The van der Waals surface area contributed by atoms with Crippen LogP contribution < -0.4 is 14.9 Å². The number of carbonyl (C=O) groups is 1. The standard InChI is InChI=1S/C30H33F3N2O5/c1-29(2,3)22-11-9-21(10-12-22)19-39-27-20-38-23(17-25(27)36)18-34-13-6-14-35(16-15-34)28(37)24-7-4-5-8-26(24)40-30(31,32)33/h4-5,7-12,17,20H,6,13-16,18-19H2,1-3H3. The number of hydrogen-bond acceptors (Lipinski definition) is 6. The van der Waals surface area contributed by atoms with Crippen LogP contribution in [0.4, 0.5) is 13.2 Å². The van der Waals surface area contributed by atoms with E-state index in [1.807, 2.05) is 17.0 Å². The molecule has 1 aliphatic rings. The van der Waals surface area contributed by atoms with E-state index in [1.54, 1.807) is 0 Å². The molecule has 1 aromatic heterocycles. The topological polar surface area (TPSA) is 72.2 Å². The zero-order chi connectivity index (χ0) is 28.9. The normalized spacial score (nSPS) is 15.0. The van der Waals surface area contributed by atoms with Gasteiger partial charge in [0.2, 0.25) is 11.2 Å². The molecule has 0 saturated carbocycles. The van der Waals surface area contributed by atoms with Crippen molar-refractivity contribution in [3.8, 4) is 11.5 Å². The molecular formula is C30H33F3N2O5. The van der Waals surface area contributed by atoms with E-state index >= 15 is 0 Å². The summed E-state index contributed by atoms with van der Waals surface area (Å²) in [6.07, 6.45) is -2.98. The van der Waals surface area contributed by atoms with Crippen LogP contribution in [0.5, 0.6) is 11.5 Å². The molecule has 1 aliphatic heterocycles. The maximum Gasteiger partial charge on any atom is 0.573 e. The van der Waals surface area contributed by atoms with Gasteiger partial charge in [-0.3, -0.25) is 14.5 Å². The average molecular weight is 559 g/mol. The van der Waals surface area contributed by atoms with Crippen LogP contribution in [-0.2, 0) is 18.6 Å². The van der Waals surface area contributed by atoms with Crippen LogP contribution in [0.25, 0.3) is 0 Å². The largest absolute Gasteiger partial charge is 0.573 e. The molecule has 0 N–H and O–H groups in total. The molecule has 10 heteroatoms. The minimum absolute atomic E-state index is 0.0501. The number of para-hydroxylation sites is 1. The third-order valence-corrected chi connectivity index (χ3v) is 6.66. The van der Waals surface area contributed by atoms with Gasteiger partial charge in [0.1, 0.15) is 24.4 Å². The van der Waals surface area contributed by atoms with Gasteiger partial charge in [-0.15, -0.1) is 13.2 Å². The number of ether oxygens (including phenoxy) is 2. The van der Waals surface area contributed by atoms with E-state index in [-0.39, 0.29) is 28.8 Å². The van der Waals surface area contributed by atoms with E-state index in [0.717, 1.165) is 11.6 Å². The predicted molar refractivity (Wildman–Crippen MR) is 143 cm³/mol. The Labute approximate surface area is 231 Å². The SMILES string of the molecule is CC(C)(C)c1ccc(COc2coc(CN3CCCN(C(=O)c4ccccc4OC(F)(F)F)CC3)cc2=O)cc1. The Bertz CT molecular complexity index is 1360. The summed E-state index contributed by atoms with van der Waals surface area (Å²) in [6, 6.07) is 14.8. The molecular weight excluding hydrogens is 525 g/mol. The van der Waals surface area contributed by atoms with E-state index in [1.165, 1.54) is 41.0 Å². The van der Waals surface area contributed by atoms with Gasteiger partial charge >= 0.3 is 6.36 Å². The van der Waals surface area contributed by atoms with Crippen molar-refractivity contribution < 1.29 is 31.9 Å². The van der Waals surface area contributed by atoms with Gasteiger partial charge in [-0.25, -0.2) is 0 Å². The maximum atomic E-state index is 13.0. The van der Waals surface area contributed by atoms with Crippen LogP contribution >= 0.6 is 0 Å². The highest BCUT2D eigenvalue weighted by molar-refractivity contribution is 5.97. The summed E-state index contributed by atoms with van der Waals surface area (Å²) in [4.78, 5) is 29.2. The van der Waals surface area contributed by atoms with Gasteiger partial charge in [0.05, 0.1) is 12.1 Å². The van der Waals surface area contributed by atoms with Gasteiger partial charge in [-0.1, -0.05) is 57.2 Å². The molecule has 1 fully saturated rings. The van der Waals surface area contributed by atoms with Crippen LogP contribution in [0.1, 0.15) is 54.4 Å². The van der Waals surface area contributed by atoms with Crippen molar-refractivity contribution in [2.45, 2.75) is 52.1 Å². The summed E-state index contributed by atoms with van der Waals surface area (Å²) in [6.45, 7) is 8.78. The van der Waals surface area contributed by atoms with Crippen molar-refractivity contribution in [1.29, 1.82) is 0 Å². The van der Waals surface area contributed by atoms with Crippen molar-refractivity contribution in [2.24, 2.45) is 0 Å². The molecule has 1 amide bonds. The molecule has 0 radical (unpaired) electrons. The number of hydrogen-bond donors (Lipinski definition) is 0. The van der Waals surface area contributed by atoms with E-state index in [9.17, 15) is 22.8 Å². The summed E-state index contributed by atoms with van der Waals surface area (Å²) in [5, 5.41) is 0. The molecule has 0 spiro atoms. The predicted octanol–water partition coefficient (Wildman–Crippen LogP) is 5.76. The Morgan fingerprint density at radius 3 is 2.35 bits per heavy atom. The molecule has 0 bridgehead atoms. The lowest BCUT2D eigenvalue weighted by Crippen LogP contribution is -2.35. The van der Waals surface area contributed by atoms with Gasteiger partial charge in [-0.05, 0) is 35.1 Å². The summed E-state index contributed by atoms with van der Waals surface area (Å²) in [5.74, 6) is -0.471. The van der Waals surface area contributed by atoms with Crippen molar-refractivity contribution in [2.75, 3.05) is 26.2 Å². The first kappa shape index (κ1) is 29.2. The Morgan fingerprint density at radius 2 is 1.68 bits per heavy atom. The van der Waals surface area contributed by atoms with Crippen molar-refractivity contribution in [3.63, 3.8) is 0 Å². The average Bonchev–Trinajstić information content (AvgIpc) is 3.12. The van der Waals surface area contributed by atoms with E-state index in [2.05, 4.69) is 37.6 Å². The number of carbonyl (C=O) groups excluding carboxylic acids is 1. The number of nitrogens with zero attached hydrogens (tertiary/aromatic N) is 2. The lowest BCUT2D eigenvalue weighted by molar-refractivity contribution is -0.274. The Balaban J connectivity index is 1.33. The number of amides is 1. The summed E-state index contributed by atoms with van der Waals surface area (Å²) in [7, 11) is 0. The smallest absolute Gasteiger partial charge is 0.482 e. The highest BCUT2D eigenvalue weighted by atomic mass is 19.4. The zero-order valence-corrected chi connectivity index (χ0v) is 22.8. The molecule has 1 saturated heterocycles. The lowest BCUT2D eigenvalue weighted by Gasteiger charge is -2.23. The molecule has 0 unspecified atom stereocenters. The first-order valence-corrected chi connectivity index (χ1v) is 13.1. The second-order valence-electron chi connectivity index (χ2n) is 10.8. The molecule has 0 aliphatic carbocycles. The number of rotatable bonds is 7. The van der Waals surface area contributed by atoms with Crippen molar-refractivity contribution >= 4 is 5.91 Å². The summed E-state index contributed by atoms with van der Waals surface area (Å²) in [5.41, 5.74) is 1.77. The highest BCUT2D eigenvalue weighted by Crippen LogP contribution is 2.28.